The molecule has 1 aliphatic carbocycles. The van der Waals surface area contributed by atoms with Crippen LogP contribution in [0.3, 0.4) is 0 Å². The van der Waals surface area contributed by atoms with E-state index < -0.39 is 0 Å². The maximum Gasteiger partial charge on any atom is 0.251 e. The van der Waals surface area contributed by atoms with Crippen LogP contribution in [0.4, 0.5) is 0 Å². The fourth-order valence-electron chi connectivity index (χ4n) is 2.73. The first kappa shape index (κ1) is 17.9. The Bertz CT molecular complexity index is 941. The maximum absolute atomic E-state index is 12.1. The zero-order chi connectivity index (χ0) is 18.8. The van der Waals surface area contributed by atoms with Gasteiger partial charge in [-0.15, -0.1) is 11.8 Å². The van der Waals surface area contributed by atoms with Crippen molar-refractivity contribution >= 4 is 17.7 Å². The summed E-state index contributed by atoms with van der Waals surface area (Å²) in [5, 5.41) is 3.00. The van der Waals surface area contributed by atoms with Crippen molar-refractivity contribution in [3.8, 4) is 11.5 Å². The molecule has 1 saturated carbocycles. The van der Waals surface area contributed by atoms with Crippen molar-refractivity contribution < 1.29 is 9.21 Å². The van der Waals surface area contributed by atoms with E-state index in [1.54, 1.807) is 11.8 Å². The number of amides is 1. The third-order valence-electron chi connectivity index (χ3n) is 4.60. The first-order valence-electron chi connectivity index (χ1n) is 9.15. The van der Waals surface area contributed by atoms with Crippen molar-refractivity contribution in [2.24, 2.45) is 0 Å². The molecule has 1 aliphatic rings. The van der Waals surface area contributed by atoms with E-state index in [1.165, 1.54) is 10.5 Å². The molecule has 0 spiro atoms. The van der Waals surface area contributed by atoms with Crippen molar-refractivity contribution in [3.05, 3.63) is 71.1 Å². The van der Waals surface area contributed by atoms with Crippen molar-refractivity contribution in [1.82, 2.24) is 10.3 Å². The summed E-state index contributed by atoms with van der Waals surface area (Å²) in [4.78, 5) is 18.0. The number of aryl methyl sites for hydroxylation is 2. The van der Waals surface area contributed by atoms with Gasteiger partial charge in [-0.05, 0) is 63.1 Å². The monoisotopic (exact) mass is 378 g/mol. The summed E-state index contributed by atoms with van der Waals surface area (Å²) in [6.07, 6.45) is 2.17. The predicted octanol–water partition coefficient (Wildman–Crippen LogP) is 5.14. The molecule has 1 amide bonds. The molecular weight excluding hydrogens is 356 g/mol. The van der Waals surface area contributed by atoms with Gasteiger partial charge in [0.25, 0.3) is 5.91 Å². The van der Waals surface area contributed by atoms with Gasteiger partial charge in [-0.1, -0.05) is 17.7 Å². The van der Waals surface area contributed by atoms with Gasteiger partial charge in [-0.3, -0.25) is 4.79 Å². The smallest absolute Gasteiger partial charge is 0.251 e. The first-order valence-corrected chi connectivity index (χ1v) is 10.1. The number of oxazole rings is 1. The van der Waals surface area contributed by atoms with Crippen LogP contribution in [-0.4, -0.2) is 16.9 Å². The van der Waals surface area contributed by atoms with Gasteiger partial charge in [-0.2, -0.15) is 0 Å². The number of thioether (sulfide) groups is 1. The third-order valence-corrected chi connectivity index (χ3v) is 5.62. The van der Waals surface area contributed by atoms with Gasteiger partial charge in [0.15, 0.2) is 0 Å². The van der Waals surface area contributed by atoms with Gasteiger partial charge in [0.2, 0.25) is 5.89 Å². The Morgan fingerprint density at radius 3 is 2.48 bits per heavy atom. The predicted molar refractivity (Wildman–Crippen MR) is 108 cm³/mol. The molecule has 1 N–H and O–H groups in total. The molecule has 0 saturated heterocycles. The number of nitrogens with zero attached hydrogens (tertiary/aromatic N) is 1. The van der Waals surface area contributed by atoms with Gasteiger partial charge >= 0.3 is 0 Å². The van der Waals surface area contributed by atoms with Crippen molar-refractivity contribution in [3.63, 3.8) is 0 Å². The molecule has 0 radical (unpaired) electrons. The molecule has 1 fully saturated rings. The second kappa shape index (κ2) is 7.61. The minimum absolute atomic E-state index is 0.0113. The Morgan fingerprint density at radius 1 is 1.11 bits per heavy atom. The summed E-state index contributed by atoms with van der Waals surface area (Å²) in [5.41, 5.74) is 3.76. The van der Waals surface area contributed by atoms with Crippen molar-refractivity contribution in [2.45, 2.75) is 43.4 Å². The lowest BCUT2D eigenvalue weighted by Crippen LogP contribution is -2.25. The van der Waals surface area contributed by atoms with Gasteiger partial charge in [0.05, 0.1) is 5.69 Å². The molecule has 1 heterocycles. The fraction of sp³-hybridized carbons (Fsp3) is 0.273. The number of rotatable bonds is 6. The van der Waals surface area contributed by atoms with E-state index in [0.717, 1.165) is 35.6 Å². The molecule has 0 bridgehead atoms. The summed E-state index contributed by atoms with van der Waals surface area (Å²) in [6, 6.07) is 16.3. The average Bonchev–Trinajstić information content (AvgIpc) is 3.41. The van der Waals surface area contributed by atoms with Crippen LogP contribution < -0.4 is 5.32 Å². The lowest BCUT2D eigenvalue weighted by Gasteiger charge is -2.03. The SMILES string of the molecule is Cc1ccc(SCc2nc(-c3ccc(C(=O)NC4CC4)cc3)oc2C)cc1. The Kier molecular flexibility index (Phi) is 5.03. The highest BCUT2D eigenvalue weighted by molar-refractivity contribution is 7.98. The molecule has 0 aliphatic heterocycles. The first-order chi connectivity index (χ1) is 13.1. The number of carbonyl (C=O) groups is 1. The molecule has 2 aromatic carbocycles. The molecule has 0 atom stereocenters. The van der Waals surface area contributed by atoms with E-state index in [9.17, 15) is 4.79 Å². The molecule has 27 heavy (non-hydrogen) atoms. The molecule has 0 unspecified atom stereocenters. The molecular formula is C22H22N2O2S. The highest BCUT2D eigenvalue weighted by atomic mass is 32.2. The number of hydrogen-bond acceptors (Lipinski definition) is 4. The second-order valence-corrected chi connectivity index (χ2v) is 8.00. The van der Waals surface area contributed by atoms with Crippen LogP contribution >= 0.6 is 11.8 Å². The van der Waals surface area contributed by atoms with E-state index >= 15 is 0 Å². The van der Waals surface area contributed by atoms with Crippen LogP contribution in [0.15, 0.2) is 57.8 Å². The van der Waals surface area contributed by atoms with Gasteiger partial charge in [0.1, 0.15) is 5.76 Å². The zero-order valence-corrected chi connectivity index (χ0v) is 16.3. The number of nitrogens with one attached hydrogen (secondary N) is 1. The standard InChI is InChI=1S/C22H22N2O2S/c1-14-3-11-19(12-4-14)27-13-20-15(2)26-22(24-20)17-7-5-16(6-8-17)21(25)23-18-9-10-18/h3-8,11-12,18H,9-10,13H2,1-2H3,(H,23,25). The summed E-state index contributed by atoms with van der Waals surface area (Å²) < 4.78 is 5.86. The number of carbonyl (C=O) groups excluding carboxylic acids is 1. The topological polar surface area (TPSA) is 55.1 Å². The van der Waals surface area contributed by atoms with E-state index in [-0.39, 0.29) is 5.91 Å². The van der Waals surface area contributed by atoms with Crippen LogP contribution in [0.2, 0.25) is 0 Å². The summed E-state index contributed by atoms with van der Waals surface area (Å²) >= 11 is 1.75. The normalized spacial score (nSPS) is 13.6. The van der Waals surface area contributed by atoms with Crippen LogP contribution in [0.5, 0.6) is 0 Å². The lowest BCUT2D eigenvalue weighted by atomic mass is 10.1. The highest BCUT2D eigenvalue weighted by Gasteiger charge is 2.23. The molecule has 3 aromatic rings. The van der Waals surface area contributed by atoms with Crippen LogP contribution in [-0.2, 0) is 5.75 Å². The van der Waals surface area contributed by atoms with E-state index in [2.05, 4.69) is 41.5 Å². The lowest BCUT2D eigenvalue weighted by molar-refractivity contribution is 0.0951. The minimum atomic E-state index is -0.0113. The van der Waals surface area contributed by atoms with Crippen LogP contribution in [0.1, 0.15) is 40.2 Å². The summed E-state index contributed by atoms with van der Waals surface area (Å²) in [6.45, 7) is 4.03. The zero-order valence-electron chi connectivity index (χ0n) is 15.5. The molecule has 138 valence electrons. The van der Waals surface area contributed by atoms with E-state index in [1.807, 2.05) is 31.2 Å². The second-order valence-electron chi connectivity index (χ2n) is 6.95. The van der Waals surface area contributed by atoms with Gasteiger partial charge in [0, 0.05) is 27.8 Å². The van der Waals surface area contributed by atoms with Gasteiger partial charge in [-0.25, -0.2) is 4.98 Å². The Morgan fingerprint density at radius 2 is 1.81 bits per heavy atom. The summed E-state index contributed by atoms with van der Waals surface area (Å²) in [5.74, 6) is 2.18. The summed E-state index contributed by atoms with van der Waals surface area (Å²) in [7, 11) is 0. The Hall–Kier alpha value is -2.53. The molecule has 4 rings (SSSR count). The average molecular weight is 378 g/mol. The fourth-order valence-corrected chi connectivity index (χ4v) is 3.63. The Labute approximate surface area is 163 Å². The van der Waals surface area contributed by atoms with Crippen molar-refractivity contribution in [2.75, 3.05) is 0 Å². The largest absolute Gasteiger partial charge is 0.441 e. The number of hydrogen-bond donors (Lipinski definition) is 1. The quantitative estimate of drug-likeness (QED) is 0.603. The number of aromatic nitrogens is 1. The number of benzene rings is 2. The maximum atomic E-state index is 12.1. The Balaban J connectivity index is 1.43. The minimum Gasteiger partial charge on any atom is -0.441 e. The molecule has 4 nitrogen and oxygen atoms in total. The molecule has 1 aromatic heterocycles. The third kappa shape index (κ3) is 4.42. The highest BCUT2D eigenvalue weighted by Crippen LogP contribution is 2.28. The van der Waals surface area contributed by atoms with E-state index in [0.29, 0.717) is 17.5 Å². The van der Waals surface area contributed by atoms with E-state index in [4.69, 9.17) is 4.42 Å². The van der Waals surface area contributed by atoms with Crippen LogP contribution in [0, 0.1) is 13.8 Å². The van der Waals surface area contributed by atoms with Crippen molar-refractivity contribution in [1.29, 1.82) is 0 Å². The molecule has 5 heteroatoms. The van der Waals surface area contributed by atoms with Crippen LogP contribution in [0.25, 0.3) is 11.5 Å². The van der Waals surface area contributed by atoms with Gasteiger partial charge < -0.3 is 9.73 Å².